The van der Waals surface area contributed by atoms with E-state index in [1.165, 1.54) is 12.8 Å². The van der Waals surface area contributed by atoms with Gasteiger partial charge in [-0.2, -0.15) is 5.10 Å². The van der Waals surface area contributed by atoms with Crippen molar-refractivity contribution in [2.24, 2.45) is 7.05 Å². The molecule has 0 saturated carbocycles. The zero-order valence-corrected chi connectivity index (χ0v) is 11.6. The maximum Gasteiger partial charge on any atom is 0.179 e. The molecule has 1 saturated heterocycles. The van der Waals surface area contributed by atoms with Crippen molar-refractivity contribution >= 4 is 23.4 Å². The number of imidazole rings is 1. The fourth-order valence-electron chi connectivity index (χ4n) is 2.70. The molecule has 1 fully saturated rings. The van der Waals surface area contributed by atoms with Crippen LogP contribution in [0.2, 0.25) is 0 Å². The molecule has 18 heavy (non-hydrogen) atoms. The van der Waals surface area contributed by atoms with Crippen molar-refractivity contribution in [2.45, 2.75) is 38.8 Å². The maximum atomic E-state index is 5.79. The molecule has 98 valence electrons. The van der Waals surface area contributed by atoms with Crippen molar-refractivity contribution in [3.8, 4) is 0 Å². The van der Waals surface area contributed by atoms with Crippen LogP contribution in [0, 0.1) is 11.7 Å². The highest BCUT2D eigenvalue weighted by Crippen LogP contribution is 2.20. The molecule has 0 amide bonds. The largest absolute Gasteiger partial charge is 0.376 e. The number of aromatic nitrogens is 4. The van der Waals surface area contributed by atoms with Gasteiger partial charge in [0.25, 0.3) is 0 Å². The van der Waals surface area contributed by atoms with Crippen LogP contribution < -0.4 is 0 Å². The quantitative estimate of drug-likeness (QED) is 0.849. The van der Waals surface area contributed by atoms with E-state index < -0.39 is 0 Å². The average molecular weight is 266 g/mol. The number of nitrogens with one attached hydrogen (secondary N) is 1. The standard InChI is InChI=1S/C12H18N4OS/c1-8-10-11(15(2)14-8)16(12(18)13-10)7-9-5-3-4-6-17-9/h9H,3-7H2,1-2H3,(H,13,18). The van der Waals surface area contributed by atoms with Gasteiger partial charge in [0.05, 0.1) is 18.3 Å². The molecule has 5 nitrogen and oxygen atoms in total. The molecule has 1 unspecified atom stereocenters. The molecule has 0 radical (unpaired) electrons. The van der Waals surface area contributed by atoms with E-state index in [0.29, 0.717) is 0 Å². The number of ether oxygens (including phenoxy) is 1. The highest BCUT2D eigenvalue weighted by atomic mass is 32.1. The van der Waals surface area contributed by atoms with Gasteiger partial charge in [0.1, 0.15) is 5.52 Å². The van der Waals surface area contributed by atoms with Crippen molar-refractivity contribution in [3.05, 3.63) is 10.5 Å². The van der Waals surface area contributed by atoms with Gasteiger partial charge in [0, 0.05) is 13.7 Å². The normalized spacial score (nSPS) is 20.7. The number of aromatic amines is 1. The van der Waals surface area contributed by atoms with Crippen LogP contribution in [0.15, 0.2) is 0 Å². The van der Waals surface area contributed by atoms with Gasteiger partial charge in [0.15, 0.2) is 10.4 Å². The Morgan fingerprint density at radius 2 is 2.33 bits per heavy atom. The fraction of sp³-hybridized carbons (Fsp3) is 0.667. The summed E-state index contributed by atoms with van der Waals surface area (Å²) in [6, 6.07) is 0. The van der Waals surface area contributed by atoms with E-state index in [4.69, 9.17) is 17.0 Å². The molecule has 3 heterocycles. The van der Waals surface area contributed by atoms with Crippen LogP contribution in [-0.2, 0) is 18.3 Å². The van der Waals surface area contributed by atoms with Gasteiger partial charge in [-0.05, 0) is 38.4 Å². The first-order valence-electron chi connectivity index (χ1n) is 6.40. The second kappa shape index (κ2) is 4.51. The smallest absolute Gasteiger partial charge is 0.179 e. The molecular weight excluding hydrogens is 248 g/mol. The third-order valence-electron chi connectivity index (χ3n) is 3.58. The number of H-pyrrole nitrogens is 1. The molecule has 1 atom stereocenters. The summed E-state index contributed by atoms with van der Waals surface area (Å²) < 4.78 is 10.6. The Morgan fingerprint density at radius 3 is 3.06 bits per heavy atom. The Balaban J connectivity index is 2.00. The molecule has 0 bridgehead atoms. The average Bonchev–Trinajstić information content (AvgIpc) is 2.81. The van der Waals surface area contributed by atoms with Crippen molar-refractivity contribution in [1.82, 2.24) is 19.3 Å². The van der Waals surface area contributed by atoms with Gasteiger partial charge < -0.3 is 9.72 Å². The molecule has 3 rings (SSSR count). The van der Waals surface area contributed by atoms with Gasteiger partial charge in [-0.3, -0.25) is 9.25 Å². The van der Waals surface area contributed by atoms with Crippen molar-refractivity contribution in [2.75, 3.05) is 6.61 Å². The minimum absolute atomic E-state index is 0.277. The third kappa shape index (κ3) is 1.89. The second-order valence-electron chi connectivity index (χ2n) is 4.94. The van der Waals surface area contributed by atoms with E-state index in [9.17, 15) is 0 Å². The predicted octanol–water partition coefficient (Wildman–Crippen LogP) is 2.31. The molecule has 0 spiro atoms. The number of hydrogen-bond acceptors (Lipinski definition) is 3. The van der Waals surface area contributed by atoms with Gasteiger partial charge in [-0.25, -0.2) is 0 Å². The van der Waals surface area contributed by atoms with Crippen LogP contribution >= 0.6 is 12.2 Å². The number of rotatable bonds is 2. The van der Waals surface area contributed by atoms with Crippen LogP contribution in [0.3, 0.4) is 0 Å². The highest BCUT2D eigenvalue weighted by Gasteiger charge is 2.18. The lowest BCUT2D eigenvalue weighted by molar-refractivity contribution is 0.00625. The number of hydrogen-bond donors (Lipinski definition) is 1. The molecule has 1 aliphatic heterocycles. The third-order valence-corrected chi connectivity index (χ3v) is 3.91. The number of fused-ring (bicyclic) bond motifs is 1. The van der Waals surface area contributed by atoms with Crippen LogP contribution in [0.5, 0.6) is 0 Å². The van der Waals surface area contributed by atoms with E-state index >= 15 is 0 Å². The van der Waals surface area contributed by atoms with E-state index in [0.717, 1.165) is 41.2 Å². The van der Waals surface area contributed by atoms with E-state index in [1.54, 1.807) is 0 Å². The summed E-state index contributed by atoms with van der Waals surface area (Å²) in [7, 11) is 1.95. The lowest BCUT2D eigenvalue weighted by atomic mass is 10.1. The van der Waals surface area contributed by atoms with Gasteiger partial charge in [-0.15, -0.1) is 0 Å². The molecule has 6 heteroatoms. The van der Waals surface area contributed by atoms with Gasteiger partial charge in [-0.1, -0.05) is 0 Å². The fourth-order valence-corrected chi connectivity index (χ4v) is 2.96. The summed E-state index contributed by atoms with van der Waals surface area (Å²) in [5.74, 6) is 0. The first-order chi connectivity index (χ1) is 8.66. The zero-order chi connectivity index (χ0) is 12.7. The van der Waals surface area contributed by atoms with Gasteiger partial charge in [0.2, 0.25) is 0 Å². The van der Waals surface area contributed by atoms with Gasteiger partial charge >= 0.3 is 0 Å². The van der Waals surface area contributed by atoms with Crippen molar-refractivity contribution in [3.63, 3.8) is 0 Å². The van der Waals surface area contributed by atoms with E-state index in [-0.39, 0.29) is 6.10 Å². The van der Waals surface area contributed by atoms with Crippen LogP contribution in [0.4, 0.5) is 0 Å². The Kier molecular flexibility index (Phi) is 2.99. The van der Waals surface area contributed by atoms with E-state index in [1.807, 2.05) is 18.7 Å². The summed E-state index contributed by atoms with van der Waals surface area (Å²) in [6.45, 7) is 3.68. The Labute approximate surface area is 111 Å². The predicted molar refractivity (Wildman–Crippen MR) is 72.2 cm³/mol. The lowest BCUT2D eigenvalue weighted by Gasteiger charge is -2.23. The topological polar surface area (TPSA) is 47.8 Å². The minimum Gasteiger partial charge on any atom is -0.376 e. The molecular formula is C12H18N4OS. The summed E-state index contributed by atoms with van der Waals surface area (Å²) in [6.07, 6.45) is 3.82. The molecule has 2 aromatic rings. The maximum absolute atomic E-state index is 5.79. The molecule has 1 aliphatic rings. The van der Waals surface area contributed by atoms with Crippen LogP contribution in [0.1, 0.15) is 25.0 Å². The first kappa shape index (κ1) is 11.9. The number of nitrogens with zero attached hydrogens (tertiary/aromatic N) is 3. The summed E-state index contributed by atoms with van der Waals surface area (Å²) in [5, 5.41) is 4.42. The SMILES string of the molecule is Cc1nn(C)c2c1[nH]c(=S)n2CC1CCCCO1. The lowest BCUT2D eigenvalue weighted by Crippen LogP contribution is -2.24. The summed E-state index contributed by atoms with van der Waals surface area (Å²) in [4.78, 5) is 3.24. The minimum atomic E-state index is 0.277. The molecule has 0 aliphatic carbocycles. The van der Waals surface area contributed by atoms with E-state index in [2.05, 4.69) is 14.6 Å². The number of aryl methyl sites for hydroxylation is 2. The Bertz CT molecular complexity index is 618. The summed E-state index contributed by atoms with van der Waals surface area (Å²) in [5.41, 5.74) is 3.09. The zero-order valence-electron chi connectivity index (χ0n) is 10.8. The van der Waals surface area contributed by atoms with Crippen LogP contribution in [0.25, 0.3) is 11.2 Å². The Morgan fingerprint density at radius 1 is 1.50 bits per heavy atom. The molecule has 0 aromatic carbocycles. The highest BCUT2D eigenvalue weighted by molar-refractivity contribution is 7.71. The van der Waals surface area contributed by atoms with Crippen molar-refractivity contribution < 1.29 is 4.74 Å². The Hall–Kier alpha value is -1.14. The summed E-state index contributed by atoms with van der Waals surface area (Å²) >= 11 is 5.41. The van der Waals surface area contributed by atoms with Crippen LogP contribution in [-0.4, -0.2) is 32.0 Å². The molecule has 2 aromatic heterocycles. The van der Waals surface area contributed by atoms with Crippen molar-refractivity contribution in [1.29, 1.82) is 0 Å². The first-order valence-corrected chi connectivity index (χ1v) is 6.81. The monoisotopic (exact) mass is 266 g/mol. The second-order valence-corrected chi connectivity index (χ2v) is 5.32. The molecule has 1 N–H and O–H groups in total.